The summed E-state index contributed by atoms with van der Waals surface area (Å²) < 4.78 is 22.0. The molecule has 0 amide bonds. The Morgan fingerprint density at radius 1 is 0.676 bits per heavy atom. The van der Waals surface area contributed by atoms with Crippen molar-refractivity contribution in [2.24, 2.45) is 0 Å². The molecule has 0 bridgehead atoms. The van der Waals surface area contributed by atoms with E-state index < -0.39 is 0 Å². The average molecular weight is 499 g/mol. The number of rotatable bonds is 8. The van der Waals surface area contributed by atoms with Gasteiger partial charge in [-0.1, -0.05) is 88.4 Å². The second-order valence-electron chi connectivity index (χ2n) is 11.0. The van der Waals surface area contributed by atoms with Gasteiger partial charge in [0.05, 0.1) is 13.1 Å². The van der Waals surface area contributed by atoms with Crippen molar-refractivity contribution < 1.29 is 18.6 Å². The lowest BCUT2D eigenvalue weighted by atomic mass is 10.1. The molecule has 0 fully saturated rings. The molecule has 4 aromatic rings. The van der Waals surface area contributed by atoms with Crippen molar-refractivity contribution in [2.75, 3.05) is 13.2 Å². The third-order valence-electron chi connectivity index (χ3n) is 7.74. The first-order valence-electron chi connectivity index (χ1n) is 13.7. The Morgan fingerprint density at radius 3 is 1.46 bits per heavy atom. The summed E-state index contributed by atoms with van der Waals surface area (Å²) in [5, 5.41) is 0. The van der Waals surface area contributed by atoms with Crippen LogP contribution < -0.4 is 18.6 Å². The van der Waals surface area contributed by atoms with Crippen molar-refractivity contribution in [3.05, 3.63) is 95.8 Å². The van der Waals surface area contributed by atoms with E-state index >= 15 is 0 Å². The normalized spacial score (nSPS) is 18.2. The van der Waals surface area contributed by atoms with Crippen LogP contribution in [0.3, 0.4) is 0 Å². The highest BCUT2D eigenvalue weighted by molar-refractivity contribution is 5.25. The van der Waals surface area contributed by atoms with E-state index in [0.29, 0.717) is 25.0 Å². The number of fused-ring (bicyclic) bond motifs is 2. The number of hydrogen-bond acceptors (Lipinski definition) is 2. The van der Waals surface area contributed by atoms with Gasteiger partial charge in [0.1, 0.15) is 13.2 Å². The van der Waals surface area contributed by atoms with Crippen LogP contribution in [0.25, 0.3) is 0 Å². The molecule has 0 aliphatic carbocycles. The van der Waals surface area contributed by atoms with E-state index in [1.54, 1.807) is 0 Å². The van der Waals surface area contributed by atoms with E-state index in [9.17, 15) is 0 Å². The van der Waals surface area contributed by atoms with Gasteiger partial charge in [-0.2, -0.15) is 9.13 Å². The monoisotopic (exact) mass is 498 g/mol. The number of aryl methyl sites for hydroxylation is 2. The van der Waals surface area contributed by atoms with Gasteiger partial charge >= 0.3 is 11.8 Å². The van der Waals surface area contributed by atoms with Crippen LogP contribution in [-0.2, 0) is 13.1 Å². The Balaban J connectivity index is 1.23. The van der Waals surface area contributed by atoms with E-state index in [4.69, 9.17) is 9.47 Å². The molecule has 2 aliphatic heterocycles. The van der Waals surface area contributed by atoms with Gasteiger partial charge in [-0.05, 0) is 0 Å². The quantitative estimate of drug-likeness (QED) is 0.315. The van der Waals surface area contributed by atoms with Crippen molar-refractivity contribution in [2.45, 2.75) is 71.1 Å². The predicted octanol–water partition coefficient (Wildman–Crippen LogP) is 5.17. The van der Waals surface area contributed by atoms with Gasteiger partial charge in [-0.3, -0.25) is 0 Å². The molecule has 0 saturated heterocycles. The number of imidazole rings is 2. The molecule has 6 nitrogen and oxygen atoms in total. The maximum Gasteiger partial charge on any atom is 0.329 e. The largest absolute Gasteiger partial charge is 0.454 e. The standard InChI is InChI=1S/C31H38N4O2/c1-22(2)28-30-34(26(18-36-30)24-12-7-5-8-13-24)20-32(28)16-11-17-33-21-35-27(25-14-9-6-10-15-25)19-37-31(35)29(33)23(3)4/h5-10,12-15,20-23,26-27H,11,16-19H2,1-4H3/q+2/t26-,27-/m0/s1. The van der Waals surface area contributed by atoms with E-state index in [0.717, 1.165) is 31.3 Å². The third kappa shape index (κ3) is 4.22. The highest BCUT2D eigenvalue weighted by Crippen LogP contribution is 2.33. The first kappa shape index (κ1) is 23.8. The van der Waals surface area contributed by atoms with Gasteiger partial charge in [-0.15, -0.1) is 0 Å². The van der Waals surface area contributed by atoms with Crippen LogP contribution in [-0.4, -0.2) is 22.3 Å². The maximum absolute atomic E-state index is 6.27. The van der Waals surface area contributed by atoms with Gasteiger partial charge < -0.3 is 9.47 Å². The fourth-order valence-electron chi connectivity index (χ4n) is 6.05. The Bertz CT molecular complexity index is 1270. The molecule has 6 heteroatoms. The van der Waals surface area contributed by atoms with Gasteiger partial charge in [0, 0.05) is 29.4 Å². The summed E-state index contributed by atoms with van der Waals surface area (Å²) >= 11 is 0. The topological polar surface area (TPSA) is 36.1 Å². The molecular weight excluding hydrogens is 460 g/mol. The van der Waals surface area contributed by atoms with Crippen LogP contribution >= 0.6 is 0 Å². The number of ether oxygens (including phenoxy) is 2. The first-order chi connectivity index (χ1) is 18.0. The highest BCUT2D eigenvalue weighted by Gasteiger charge is 2.39. The Labute approximate surface area is 219 Å². The fourth-order valence-corrected chi connectivity index (χ4v) is 6.05. The molecule has 6 rings (SSSR count). The Morgan fingerprint density at radius 2 is 1.08 bits per heavy atom. The molecule has 37 heavy (non-hydrogen) atoms. The zero-order valence-corrected chi connectivity index (χ0v) is 22.4. The molecule has 2 aromatic carbocycles. The maximum atomic E-state index is 6.27. The molecule has 0 spiro atoms. The van der Waals surface area contributed by atoms with Crippen LogP contribution in [0.4, 0.5) is 0 Å². The number of hydrogen-bond donors (Lipinski definition) is 0. The SMILES string of the molecule is CC(C)c1c2[n+](cn1CCCn1c[n+]3c(c1C(C)C)OC[C@H]3c1ccccc1)[C@H](c1ccccc1)CO2. The lowest BCUT2D eigenvalue weighted by Gasteiger charge is -2.09. The van der Waals surface area contributed by atoms with Crippen LogP contribution in [0.2, 0.25) is 0 Å². The van der Waals surface area contributed by atoms with Crippen molar-refractivity contribution in [1.82, 2.24) is 9.13 Å². The number of aromatic nitrogens is 4. The summed E-state index contributed by atoms with van der Waals surface area (Å²) in [6.07, 6.45) is 5.59. The average Bonchev–Trinajstić information content (AvgIpc) is 3.64. The van der Waals surface area contributed by atoms with Gasteiger partial charge in [0.2, 0.25) is 12.7 Å². The highest BCUT2D eigenvalue weighted by atomic mass is 16.5. The molecule has 4 heterocycles. The minimum Gasteiger partial charge on any atom is -0.454 e. The lowest BCUT2D eigenvalue weighted by Crippen LogP contribution is -2.35. The van der Waals surface area contributed by atoms with Gasteiger partial charge in [0.25, 0.3) is 0 Å². The van der Waals surface area contributed by atoms with E-state index in [1.165, 1.54) is 22.5 Å². The number of nitrogens with zero attached hydrogens (tertiary/aromatic N) is 4. The zero-order chi connectivity index (χ0) is 25.5. The van der Waals surface area contributed by atoms with Gasteiger partial charge in [0.15, 0.2) is 23.5 Å². The summed E-state index contributed by atoms with van der Waals surface area (Å²) in [5.41, 5.74) is 5.18. The summed E-state index contributed by atoms with van der Waals surface area (Å²) in [6, 6.07) is 21.8. The minimum atomic E-state index is 0.235. The second-order valence-corrected chi connectivity index (χ2v) is 11.0. The van der Waals surface area contributed by atoms with E-state index in [2.05, 4.69) is 119 Å². The molecule has 0 saturated carbocycles. The summed E-state index contributed by atoms with van der Waals surface area (Å²) in [7, 11) is 0. The molecule has 2 aliphatic rings. The molecule has 0 N–H and O–H groups in total. The molecule has 0 unspecified atom stereocenters. The molecule has 0 radical (unpaired) electrons. The molecule has 2 aromatic heterocycles. The summed E-state index contributed by atoms with van der Waals surface area (Å²) in [4.78, 5) is 0. The smallest absolute Gasteiger partial charge is 0.329 e. The Kier molecular flexibility index (Phi) is 6.27. The third-order valence-corrected chi connectivity index (χ3v) is 7.74. The Hall–Kier alpha value is -3.54. The van der Waals surface area contributed by atoms with Crippen LogP contribution in [0.15, 0.2) is 73.3 Å². The van der Waals surface area contributed by atoms with Crippen molar-refractivity contribution in [3.63, 3.8) is 0 Å². The van der Waals surface area contributed by atoms with Gasteiger partial charge in [-0.25, -0.2) is 9.13 Å². The molecule has 2 atom stereocenters. The lowest BCUT2D eigenvalue weighted by molar-refractivity contribution is -0.696. The zero-order valence-electron chi connectivity index (χ0n) is 22.4. The van der Waals surface area contributed by atoms with Crippen molar-refractivity contribution >= 4 is 0 Å². The van der Waals surface area contributed by atoms with Crippen molar-refractivity contribution in [1.29, 1.82) is 0 Å². The molecule has 192 valence electrons. The fraction of sp³-hybridized carbons (Fsp3) is 0.419. The summed E-state index contributed by atoms with van der Waals surface area (Å²) in [5.74, 6) is 2.84. The van der Waals surface area contributed by atoms with Crippen LogP contribution in [0.5, 0.6) is 11.8 Å². The minimum absolute atomic E-state index is 0.235. The van der Waals surface area contributed by atoms with Crippen LogP contribution in [0.1, 0.15) is 80.6 Å². The number of benzene rings is 2. The van der Waals surface area contributed by atoms with Crippen molar-refractivity contribution in [3.8, 4) is 11.8 Å². The van der Waals surface area contributed by atoms with E-state index in [-0.39, 0.29) is 12.1 Å². The van der Waals surface area contributed by atoms with Crippen LogP contribution in [0, 0.1) is 0 Å². The second kappa shape index (κ2) is 9.73. The molecular formula is C31H38N4O2+2. The predicted molar refractivity (Wildman–Crippen MR) is 142 cm³/mol. The first-order valence-corrected chi connectivity index (χ1v) is 13.7. The summed E-state index contributed by atoms with van der Waals surface area (Å²) in [6.45, 7) is 12.3. The van der Waals surface area contributed by atoms with E-state index in [1.807, 2.05) is 0 Å².